The zero-order valence-corrected chi connectivity index (χ0v) is 29.2. The Hall–Kier alpha value is -6.51. The quantitative estimate of drug-likeness (QED) is 0.179. The number of rotatable bonds is 5. The van der Waals surface area contributed by atoms with Crippen molar-refractivity contribution >= 4 is 21.8 Å². The van der Waals surface area contributed by atoms with Crippen LogP contribution >= 0.6 is 0 Å². The molecule has 0 unspecified atom stereocenters. The normalized spacial score (nSPS) is 13.0. The van der Waals surface area contributed by atoms with Crippen molar-refractivity contribution in [1.82, 2.24) is 9.55 Å². The van der Waals surface area contributed by atoms with Gasteiger partial charge in [0.25, 0.3) is 0 Å². The molecule has 1 aliphatic rings. The van der Waals surface area contributed by atoms with Gasteiger partial charge in [-0.05, 0) is 87.0 Å². The number of hydrogen-bond donors (Lipinski definition) is 0. The molecular formula is C50H36N2. The lowest BCUT2D eigenvalue weighted by atomic mass is 9.79. The fourth-order valence-electron chi connectivity index (χ4n) is 8.62. The highest BCUT2D eigenvalue weighted by molar-refractivity contribution is 6.16. The van der Waals surface area contributed by atoms with Gasteiger partial charge in [0.1, 0.15) is 0 Å². The van der Waals surface area contributed by atoms with E-state index >= 15 is 0 Å². The predicted molar refractivity (Wildman–Crippen MR) is 218 cm³/mol. The Bertz CT molecular complexity index is 2730. The standard InChI is InChI=1S/C50H36N2/c1-50(2)43-26-13-12-22-39(43)40-24-14-23-38(49(40)50)35-28-29-46-42(30-35)48-41(25-15-27-47(48)52(46)37-20-10-5-11-21-37)45-32-36(33-16-6-3-7-17-33)31-44(51-45)34-18-8-4-9-19-34/h3-32H,1-2H3. The van der Waals surface area contributed by atoms with Crippen molar-refractivity contribution in [3.8, 4) is 61.6 Å². The van der Waals surface area contributed by atoms with Crippen molar-refractivity contribution < 1.29 is 0 Å². The molecule has 10 rings (SSSR count). The number of pyridine rings is 1. The summed E-state index contributed by atoms with van der Waals surface area (Å²) in [5.74, 6) is 0. The zero-order valence-electron chi connectivity index (χ0n) is 29.2. The fraction of sp³-hybridized carbons (Fsp3) is 0.0600. The van der Waals surface area contributed by atoms with E-state index in [4.69, 9.17) is 4.98 Å². The lowest BCUT2D eigenvalue weighted by Crippen LogP contribution is -2.16. The monoisotopic (exact) mass is 664 g/mol. The second-order valence-corrected chi connectivity index (χ2v) is 14.4. The number of para-hydroxylation sites is 1. The molecule has 0 saturated heterocycles. The van der Waals surface area contributed by atoms with Crippen LogP contribution in [-0.2, 0) is 5.41 Å². The lowest BCUT2D eigenvalue weighted by molar-refractivity contribution is 0.662. The number of hydrogen-bond acceptors (Lipinski definition) is 1. The molecule has 1 aliphatic carbocycles. The third-order valence-electron chi connectivity index (χ3n) is 11.0. The molecule has 2 heterocycles. The molecule has 0 spiro atoms. The maximum Gasteiger partial charge on any atom is 0.0722 e. The van der Waals surface area contributed by atoms with Gasteiger partial charge >= 0.3 is 0 Å². The molecule has 0 atom stereocenters. The third-order valence-corrected chi connectivity index (χ3v) is 11.0. The molecule has 7 aromatic carbocycles. The van der Waals surface area contributed by atoms with Crippen LogP contribution in [0.3, 0.4) is 0 Å². The van der Waals surface area contributed by atoms with Gasteiger partial charge in [0.2, 0.25) is 0 Å². The second kappa shape index (κ2) is 11.8. The summed E-state index contributed by atoms with van der Waals surface area (Å²) >= 11 is 0. The van der Waals surface area contributed by atoms with Gasteiger partial charge < -0.3 is 4.57 Å². The molecule has 2 nitrogen and oxygen atoms in total. The van der Waals surface area contributed by atoms with Crippen LogP contribution in [0.2, 0.25) is 0 Å². The van der Waals surface area contributed by atoms with Crippen molar-refractivity contribution in [3.63, 3.8) is 0 Å². The van der Waals surface area contributed by atoms with Gasteiger partial charge in [0, 0.05) is 33.0 Å². The van der Waals surface area contributed by atoms with Crippen molar-refractivity contribution in [2.45, 2.75) is 19.3 Å². The van der Waals surface area contributed by atoms with Crippen LogP contribution in [0.4, 0.5) is 0 Å². The molecule has 246 valence electrons. The molecule has 52 heavy (non-hydrogen) atoms. The van der Waals surface area contributed by atoms with E-state index in [1.807, 2.05) is 0 Å². The molecular weight excluding hydrogens is 629 g/mol. The summed E-state index contributed by atoms with van der Waals surface area (Å²) in [6.07, 6.45) is 0. The Morgan fingerprint density at radius 1 is 0.423 bits per heavy atom. The summed E-state index contributed by atoms with van der Waals surface area (Å²) < 4.78 is 2.41. The first-order valence-electron chi connectivity index (χ1n) is 18.1. The smallest absolute Gasteiger partial charge is 0.0722 e. The highest BCUT2D eigenvalue weighted by atomic mass is 15.0. The number of nitrogens with zero attached hydrogens (tertiary/aromatic N) is 2. The molecule has 0 N–H and O–H groups in total. The first-order chi connectivity index (χ1) is 25.6. The molecule has 0 radical (unpaired) electrons. The van der Waals surface area contributed by atoms with Crippen LogP contribution in [0.25, 0.3) is 83.4 Å². The Balaban J connectivity index is 1.26. The maximum atomic E-state index is 5.40. The van der Waals surface area contributed by atoms with Crippen LogP contribution in [0.15, 0.2) is 182 Å². The minimum Gasteiger partial charge on any atom is -0.309 e. The van der Waals surface area contributed by atoms with Crippen LogP contribution < -0.4 is 0 Å². The van der Waals surface area contributed by atoms with Gasteiger partial charge in [-0.15, -0.1) is 0 Å². The average Bonchev–Trinajstić information content (AvgIpc) is 3.67. The van der Waals surface area contributed by atoms with E-state index in [2.05, 4.69) is 200 Å². The van der Waals surface area contributed by atoms with Gasteiger partial charge in [-0.3, -0.25) is 0 Å². The molecule has 2 heteroatoms. The predicted octanol–water partition coefficient (Wildman–Crippen LogP) is 13.2. The number of aromatic nitrogens is 2. The highest BCUT2D eigenvalue weighted by Crippen LogP contribution is 2.52. The zero-order chi connectivity index (χ0) is 34.8. The lowest BCUT2D eigenvalue weighted by Gasteiger charge is -2.24. The van der Waals surface area contributed by atoms with Gasteiger partial charge in [-0.25, -0.2) is 4.98 Å². The van der Waals surface area contributed by atoms with Crippen molar-refractivity contribution in [2.24, 2.45) is 0 Å². The molecule has 0 aliphatic heterocycles. The summed E-state index contributed by atoms with van der Waals surface area (Å²) in [7, 11) is 0. The average molecular weight is 665 g/mol. The first-order valence-corrected chi connectivity index (χ1v) is 18.1. The fourth-order valence-corrected chi connectivity index (χ4v) is 8.62. The first kappa shape index (κ1) is 30.3. The molecule has 2 aromatic heterocycles. The van der Waals surface area contributed by atoms with E-state index in [0.29, 0.717) is 0 Å². The molecule has 0 fully saturated rings. The highest BCUT2D eigenvalue weighted by Gasteiger charge is 2.37. The topological polar surface area (TPSA) is 17.8 Å². The Labute approximate surface area is 304 Å². The van der Waals surface area contributed by atoms with Gasteiger partial charge in [-0.2, -0.15) is 0 Å². The van der Waals surface area contributed by atoms with E-state index in [-0.39, 0.29) is 5.41 Å². The molecule has 9 aromatic rings. The summed E-state index contributed by atoms with van der Waals surface area (Å²) in [6, 6.07) is 65.8. The van der Waals surface area contributed by atoms with E-state index in [1.165, 1.54) is 55.2 Å². The van der Waals surface area contributed by atoms with Crippen LogP contribution in [-0.4, -0.2) is 9.55 Å². The van der Waals surface area contributed by atoms with Gasteiger partial charge in [0.15, 0.2) is 0 Å². The van der Waals surface area contributed by atoms with Gasteiger partial charge in [0.05, 0.1) is 22.4 Å². The SMILES string of the molecule is CC1(C)c2ccccc2-c2cccc(-c3ccc4c(c3)c3c(-c5cc(-c6ccccc6)cc(-c6ccccc6)n5)cccc3n4-c3ccccc3)c21. The van der Waals surface area contributed by atoms with Crippen molar-refractivity contribution in [1.29, 1.82) is 0 Å². The van der Waals surface area contributed by atoms with Crippen LogP contribution in [0.1, 0.15) is 25.0 Å². The summed E-state index contributed by atoms with van der Waals surface area (Å²) in [6.45, 7) is 4.74. The summed E-state index contributed by atoms with van der Waals surface area (Å²) in [5.41, 5.74) is 17.8. The van der Waals surface area contributed by atoms with Crippen molar-refractivity contribution in [2.75, 3.05) is 0 Å². The van der Waals surface area contributed by atoms with E-state index in [9.17, 15) is 0 Å². The molecule has 0 bridgehead atoms. The van der Waals surface area contributed by atoms with Crippen molar-refractivity contribution in [3.05, 3.63) is 193 Å². The molecule has 0 amide bonds. The Morgan fingerprint density at radius 2 is 1.04 bits per heavy atom. The molecule has 0 saturated carbocycles. The Morgan fingerprint density at radius 3 is 1.83 bits per heavy atom. The van der Waals surface area contributed by atoms with Crippen LogP contribution in [0, 0.1) is 0 Å². The minimum atomic E-state index is -0.115. The van der Waals surface area contributed by atoms with E-state index in [1.54, 1.807) is 0 Å². The summed E-state index contributed by atoms with van der Waals surface area (Å²) in [5, 5.41) is 2.42. The largest absolute Gasteiger partial charge is 0.309 e. The van der Waals surface area contributed by atoms with E-state index < -0.39 is 0 Å². The number of benzene rings is 7. The summed E-state index contributed by atoms with van der Waals surface area (Å²) in [4.78, 5) is 5.40. The minimum absolute atomic E-state index is 0.115. The maximum absolute atomic E-state index is 5.40. The van der Waals surface area contributed by atoms with Crippen LogP contribution in [0.5, 0.6) is 0 Å². The number of fused-ring (bicyclic) bond motifs is 6. The third kappa shape index (κ3) is 4.68. The second-order valence-electron chi connectivity index (χ2n) is 14.4. The van der Waals surface area contributed by atoms with E-state index in [0.717, 1.165) is 39.3 Å². The Kier molecular flexibility index (Phi) is 6.87. The van der Waals surface area contributed by atoms with Gasteiger partial charge in [-0.1, -0.05) is 153 Å².